The molecule has 0 saturated carbocycles. The van der Waals surface area contributed by atoms with Crippen LogP contribution in [0.3, 0.4) is 0 Å². The van der Waals surface area contributed by atoms with E-state index in [1.165, 1.54) is 26.4 Å². The normalized spacial score (nSPS) is 11.3. The molecule has 0 radical (unpaired) electrons. The van der Waals surface area contributed by atoms with E-state index >= 15 is 0 Å². The summed E-state index contributed by atoms with van der Waals surface area (Å²) in [5.41, 5.74) is 0.910. The predicted molar refractivity (Wildman–Crippen MR) is 78.6 cm³/mol. The average molecular weight is 329 g/mol. The number of carbonyl (C=O) groups is 2. The van der Waals surface area contributed by atoms with E-state index in [2.05, 4.69) is 9.47 Å². The van der Waals surface area contributed by atoms with E-state index in [0.717, 1.165) is 9.87 Å². The van der Waals surface area contributed by atoms with Gasteiger partial charge in [0.05, 0.1) is 25.5 Å². The van der Waals surface area contributed by atoms with Crippen molar-refractivity contribution in [1.82, 2.24) is 4.31 Å². The number of hydrogen-bond donors (Lipinski definition) is 0. The zero-order valence-electron chi connectivity index (χ0n) is 12.7. The highest BCUT2D eigenvalue weighted by atomic mass is 32.2. The van der Waals surface area contributed by atoms with Crippen molar-refractivity contribution in [2.24, 2.45) is 0 Å². The van der Waals surface area contributed by atoms with Gasteiger partial charge in [-0.25, -0.2) is 8.42 Å². The summed E-state index contributed by atoms with van der Waals surface area (Å²) in [7, 11) is -1.53. The number of aryl methyl sites for hydroxylation is 1. The predicted octanol–water partition coefficient (Wildman–Crippen LogP) is 0.722. The Morgan fingerprint density at radius 1 is 1.05 bits per heavy atom. The molecule has 0 bridgehead atoms. The SMILES string of the molecule is COC(=O)CCN(CC(=O)OC)S(=O)(=O)c1ccc(C)cc1. The average Bonchev–Trinajstić information content (AvgIpc) is 2.50. The lowest BCUT2D eigenvalue weighted by Gasteiger charge is -2.20. The third kappa shape index (κ3) is 4.81. The number of hydrogen-bond acceptors (Lipinski definition) is 6. The first-order valence-electron chi connectivity index (χ1n) is 6.51. The molecule has 0 aliphatic carbocycles. The van der Waals surface area contributed by atoms with E-state index in [1.807, 2.05) is 6.92 Å². The quantitative estimate of drug-likeness (QED) is 0.685. The van der Waals surface area contributed by atoms with Crippen LogP contribution in [0.1, 0.15) is 12.0 Å². The Morgan fingerprint density at radius 2 is 1.59 bits per heavy atom. The number of benzene rings is 1. The van der Waals surface area contributed by atoms with Crippen LogP contribution in [0, 0.1) is 6.92 Å². The molecule has 0 atom stereocenters. The maximum Gasteiger partial charge on any atom is 0.321 e. The van der Waals surface area contributed by atoms with Crippen LogP contribution in [0.2, 0.25) is 0 Å². The van der Waals surface area contributed by atoms with Gasteiger partial charge in [-0.05, 0) is 19.1 Å². The van der Waals surface area contributed by atoms with Crippen LogP contribution in [-0.2, 0) is 29.1 Å². The lowest BCUT2D eigenvalue weighted by Crippen LogP contribution is -2.37. The Labute approximate surface area is 129 Å². The topological polar surface area (TPSA) is 90.0 Å². The monoisotopic (exact) mass is 329 g/mol. The van der Waals surface area contributed by atoms with Crippen molar-refractivity contribution < 1.29 is 27.5 Å². The summed E-state index contributed by atoms with van der Waals surface area (Å²) in [6, 6.07) is 6.22. The fourth-order valence-corrected chi connectivity index (χ4v) is 3.06. The van der Waals surface area contributed by atoms with Crippen molar-refractivity contribution in [3.05, 3.63) is 29.8 Å². The van der Waals surface area contributed by atoms with Crippen LogP contribution in [0.4, 0.5) is 0 Å². The maximum absolute atomic E-state index is 12.6. The van der Waals surface area contributed by atoms with E-state index < -0.39 is 28.5 Å². The molecule has 0 saturated heterocycles. The van der Waals surface area contributed by atoms with Crippen LogP contribution in [0.25, 0.3) is 0 Å². The van der Waals surface area contributed by atoms with Gasteiger partial charge >= 0.3 is 11.9 Å². The summed E-state index contributed by atoms with van der Waals surface area (Å²) < 4.78 is 35.0. The van der Waals surface area contributed by atoms with Gasteiger partial charge in [-0.15, -0.1) is 0 Å². The first-order chi connectivity index (χ1) is 10.3. The molecular weight excluding hydrogens is 310 g/mol. The van der Waals surface area contributed by atoms with Gasteiger partial charge in [0.15, 0.2) is 0 Å². The number of ether oxygens (including phenoxy) is 2. The van der Waals surface area contributed by atoms with Gasteiger partial charge in [0, 0.05) is 6.54 Å². The fraction of sp³-hybridized carbons (Fsp3) is 0.429. The summed E-state index contributed by atoms with van der Waals surface area (Å²) in [5, 5.41) is 0. The second kappa shape index (κ2) is 7.90. The molecule has 0 amide bonds. The third-order valence-corrected chi connectivity index (χ3v) is 4.84. The number of nitrogens with zero attached hydrogens (tertiary/aromatic N) is 1. The second-order valence-electron chi connectivity index (χ2n) is 4.55. The summed E-state index contributed by atoms with van der Waals surface area (Å²) in [6.07, 6.45) is -0.154. The number of sulfonamides is 1. The summed E-state index contributed by atoms with van der Waals surface area (Å²) in [6.45, 7) is 1.20. The fourth-order valence-electron chi connectivity index (χ4n) is 1.67. The third-order valence-electron chi connectivity index (χ3n) is 2.98. The highest BCUT2D eigenvalue weighted by molar-refractivity contribution is 7.89. The van der Waals surface area contributed by atoms with Crippen molar-refractivity contribution >= 4 is 22.0 Å². The van der Waals surface area contributed by atoms with Crippen LogP contribution in [0.15, 0.2) is 29.2 Å². The maximum atomic E-state index is 12.6. The largest absolute Gasteiger partial charge is 0.469 e. The van der Waals surface area contributed by atoms with Crippen LogP contribution in [-0.4, -0.2) is 52.0 Å². The highest BCUT2D eigenvalue weighted by Gasteiger charge is 2.27. The lowest BCUT2D eigenvalue weighted by atomic mass is 10.2. The molecular formula is C14H19NO6S. The molecule has 0 N–H and O–H groups in total. The Balaban J connectivity index is 3.03. The van der Waals surface area contributed by atoms with E-state index in [-0.39, 0.29) is 17.9 Å². The smallest absolute Gasteiger partial charge is 0.321 e. The first-order valence-corrected chi connectivity index (χ1v) is 7.95. The Morgan fingerprint density at radius 3 is 2.09 bits per heavy atom. The minimum atomic E-state index is -3.90. The molecule has 8 heteroatoms. The minimum absolute atomic E-state index is 0.0480. The van der Waals surface area contributed by atoms with Gasteiger partial charge in [0.25, 0.3) is 0 Å². The van der Waals surface area contributed by atoms with E-state index in [0.29, 0.717) is 0 Å². The molecule has 1 rings (SSSR count). The molecule has 0 aliphatic rings. The van der Waals surface area contributed by atoms with Gasteiger partial charge in [-0.2, -0.15) is 4.31 Å². The van der Waals surface area contributed by atoms with Crippen LogP contribution in [0.5, 0.6) is 0 Å². The summed E-state index contributed by atoms with van der Waals surface area (Å²) >= 11 is 0. The highest BCUT2D eigenvalue weighted by Crippen LogP contribution is 2.17. The summed E-state index contributed by atoms with van der Waals surface area (Å²) in [5.74, 6) is -1.27. The molecule has 0 aliphatic heterocycles. The van der Waals surface area contributed by atoms with Crippen molar-refractivity contribution in [2.75, 3.05) is 27.3 Å². The van der Waals surface area contributed by atoms with Crippen molar-refractivity contribution in [3.63, 3.8) is 0 Å². The molecule has 7 nitrogen and oxygen atoms in total. The first kappa shape index (κ1) is 18.1. The zero-order valence-corrected chi connectivity index (χ0v) is 13.6. The number of rotatable bonds is 7. The Hall–Kier alpha value is -1.93. The van der Waals surface area contributed by atoms with Crippen molar-refractivity contribution in [3.8, 4) is 0 Å². The van der Waals surface area contributed by atoms with Gasteiger partial charge in [-0.3, -0.25) is 9.59 Å². The zero-order chi connectivity index (χ0) is 16.8. The number of carbonyl (C=O) groups excluding carboxylic acids is 2. The second-order valence-corrected chi connectivity index (χ2v) is 6.49. The molecule has 1 aromatic carbocycles. The molecule has 0 unspecified atom stereocenters. The van der Waals surface area contributed by atoms with Crippen LogP contribution < -0.4 is 0 Å². The van der Waals surface area contributed by atoms with E-state index in [1.54, 1.807) is 12.1 Å². The minimum Gasteiger partial charge on any atom is -0.469 e. The van der Waals surface area contributed by atoms with Crippen molar-refractivity contribution in [2.45, 2.75) is 18.2 Å². The van der Waals surface area contributed by atoms with Crippen LogP contribution >= 0.6 is 0 Å². The number of esters is 2. The van der Waals surface area contributed by atoms with Gasteiger partial charge in [-0.1, -0.05) is 17.7 Å². The molecule has 1 aromatic rings. The molecule has 0 aromatic heterocycles. The van der Waals surface area contributed by atoms with Crippen molar-refractivity contribution in [1.29, 1.82) is 0 Å². The molecule has 0 spiro atoms. The Bertz CT molecular complexity index is 623. The molecule has 0 heterocycles. The van der Waals surface area contributed by atoms with Gasteiger partial charge < -0.3 is 9.47 Å². The Kier molecular flexibility index (Phi) is 6.51. The molecule has 22 heavy (non-hydrogen) atoms. The lowest BCUT2D eigenvalue weighted by molar-refractivity contribution is -0.143. The van der Waals surface area contributed by atoms with E-state index in [9.17, 15) is 18.0 Å². The van der Waals surface area contributed by atoms with Gasteiger partial charge in [0.2, 0.25) is 10.0 Å². The summed E-state index contributed by atoms with van der Waals surface area (Å²) in [4.78, 5) is 22.7. The van der Waals surface area contributed by atoms with E-state index in [4.69, 9.17) is 0 Å². The van der Waals surface area contributed by atoms with Gasteiger partial charge in [0.1, 0.15) is 6.54 Å². The molecule has 122 valence electrons. The molecule has 0 fully saturated rings. The number of methoxy groups -OCH3 is 2. The standard InChI is InChI=1S/C14H19NO6S/c1-11-4-6-12(7-5-11)22(18,19)15(10-14(17)21-3)9-8-13(16)20-2/h4-7H,8-10H2,1-3H3.